The highest BCUT2D eigenvalue weighted by Gasteiger charge is 2.30. The first-order valence-corrected chi connectivity index (χ1v) is 7.71. The highest BCUT2D eigenvalue weighted by Crippen LogP contribution is 2.23. The van der Waals surface area contributed by atoms with Crippen molar-refractivity contribution in [3.05, 3.63) is 59.9 Å². The SMILES string of the molecule is O=C(Nc1nc2ccccc2[nH]1)C1CC(c2ccc(F)cc2)NN1. The van der Waals surface area contributed by atoms with E-state index in [1.165, 1.54) is 12.1 Å². The zero-order chi connectivity index (χ0) is 16.5. The number of carbonyl (C=O) groups is 1. The zero-order valence-corrected chi connectivity index (χ0v) is 12.7. The number of anilines is 1. The number of nitrogens with one attached hydrogen (secondary N) is 4. The summed E-state index contributed by atoms with van der Waals surface area (Å²) in [5, 5.41) is 2.79. The van der Waals surface area contributed by atoms with Crippen LogP contribution in [0.5, 0.6) is 0 Å². The van der Waals surface area contributed by atoms with Gasteiger partial charge in [-0.05, 0) is 36.2 Å². The van der Waals surface area contributed by atoms with Crippen LogP contribution < -0.4 is 16.2 Å². The zero-order valence-electron chi connectivity index (χ0n) is 12.7. The van der Waals surface area contributed by atoms with Gasteiger partial charge in [0.2, 0.25) is 11.9 Å². The normalized spacial score (nSPS) is 20.4. The van der Waals surface area contributed by atoms with Crippen LogP contribution in [0.25, 0.3) is 11.0 Å². The molecular weight excluding hydrogens is 309 g/mol. The molecule has 1 fully saturated rings. The minimum atomic E-state index is -0.395. The van der Waals surface area contributed by atoms with E-state index in [1.807, 2.05) is 24.3 Å². The Labute approximate surface area is 137 Å². The van der Waals surface area contributed by atoms with Crippen molar-refractivity contribution in [1.29, 1.82) is 0 Å². The lowest BCUT2D eigenvalue weighted by atomic mass is 10.0. The van der Waals surface area contributed by atoms with Crippen molar-refractivity contribution in [2.45, 2.75) is 18.5 Å². The number of aromatic amines is 1. The molecule has 0 aliphatic carbocycles. The Balaban J connectivity index is 1.42. The van der Waals surface area contributed by atoms with E-state index < -0.39 is 6.04 Å². The highest BCUT2D eigenvalue weighted by atomic mass is 19.1. The summed E-state index contributed by atoms with van der Waals surface area (Å²) in [5.74, 6) is -0.0247. The van der Waals surface area contributed by atoms with E-state index in [0.717, 1.165) is 16.6 Å². The number of hydrazine groups is 1. The number of carbonyl (C=O) groups excluding carboxylic acids is 1. The largest absolute Gasteiger partial charge is 0.324 e. The number of nitrogens with zero attached hydrogens (tertiary/aromatic N) is 1. The standard InChI is InChI=1S/C17H16FN5O/c18-11-7-5-10(6-8-11)14-9-15(23-22-14)16(24)21-17-19-12-3-1-2-4-13(12)20-17/h1-8,14-15,22-23H,9H2,(H2,19,20,21,24). The van der Waals surface area contributed by atoms with Crippen LogP contribution in [-0.4, -0.2) is 21.9 Å². The van der Waals surface area contributed by atoms with Gasteiger partial charge in [0, 0.05) is 6.04 Å². The number of fused-ring (bicyclic) bond motifs is 1. The van der Waals surface area contributed by atoms with Gasteiger partial charge in [0.15, 0.2) is 0 Å². The quantitative estimate of drug-likeness (QED) is 0.595. The first-order valence-electron chi connectivity index (χ1n) is 7.71. The summed E-state index contributed by atoms with van der Waals surface area (Å²) in [7, 11) is 0. The number of hydrogen-bond acceptors (Lipinski definition) is 4. The summed E-state index contributed by atoms with van der Waals surface area (Å²) in [5.41, 5.74) is 8.65. The predicted octanol–water partition coefficient (Wildman–Crippen LogP) is 2.25. The lowest BCUT2D eigenvalue weighted by Crippen LogP contribution is -2.39. The Morgan fingerprint density at radius 2 is 1.92 bits per heavy atom. The number of hydrogen-bond donors (Lipinski definition) is 4. The minimum Gasteiger partial charge on any atom is -0.324 e. The molecule has 2 unspecified atom stereocenters. The number of imidazole rings is 1. The Bertz CT molecular complexity index is 843. The molecule has 3 aromatic rings. The van der Waals surface area contributed by atoms with Crippen molar-refractivity contribution in [3.8, 4) is 0 Å². The summed E-state index contributed by atoms with van der Waals surface area (Å²) in [4.78, 5) is 19.8. The molecule has 2 atom stereocenters. The minimum absolute atomic E-state index is 0.0444. The molecule has 0 spiro atoms. The van der Waals surface area contributed by atoms with E-state index in [1.54, 1.807) is 12.1 Å². The van der Waals surface area contributed by atoms with Crippen molar-refractivity contribution in [1.82, 2.24) is 20.8 Å². The highest BCUT2D eigenvalue weighted by molar-refractivity contribution is 5.95. The molecule has 1 aromatic heterocycles. The smallest absolute Gasteiger partial charge is 0.245 e. The van der Waals surface area contributed by atoms with Crippen LogP contribution in [0.2, 0.25) is 0 Å². The number of halogens is 1. The van der Waals surface area contributed by atoms with Crippen LogP contribution in [0.1, 0.15) is 18.0 Å². The second-order valence-electron chi connectivity index (χ2n) is 5.77. The fraction of sp³-hybridized carbons (Fsp3) is 0.176. The Morgan fingerprint density at radius 1 is 1.12 bits per heavy atom. The Kier molecular flexibility index (Phi) is 3.72. The van der Waals surface area contributed by atoms with Crippen molar-refractivity contribution in [2.75, 3.05) is 5.32 Å². The summed E-state index contributed by atoms with van der Waals surface area (Å²) in [6.07, 6.45) is 0.567. The fourth-order valence-corrected chi connectivity index (χ4v) is 2.86. The first-order chi connectivity index (χ1) is 11.7. The summed E-state index contributed by atoms with van der Waals surface area (Å²) in [6.45, 7) is 0. The van der Waals surface area contributed by atoms with Gasteiger partial charge in [-0.3, -0.25) is 10.1 Å². The van der Waals surface area contributed by atoms with E-state index in [4.69, 9.17) is 0 Å². The van der Waals surface area contributed by atoms with Gasteiger partial charge in [-0.1, -0.05) is 24.3 Å². The summed E-state index contributed by atoms with van der Waals surface area (Å²) < 4.78 is 13.0. The third kappa shape index (κ3) is 2.86. The van der Waals surface area contributed by atoms with Gasteiger partial charge in [-0.15, -0.1) is 0 Å². The maximum atomic E-state index is 13.0. The van der Waals surface area contributed by atoms with E-state index in [2.05, 4.69) is 26.1 Å². The molecule has 7 heteroatoms. The molecular formula is C17H16FN5O. The van der Waals surface area contributed by atoms with Crippen molar-refractivity contribution >= 4 is 22.9 Å². The van der Waals surface area contributed by atoms with Gasteiger partial charge in [0.25, 0.3) is 0 Å². The summed E-state index contributed by atoms with van der Waals surface area (Å²) >= 11 is 0. The van der Waals surface area contributed by atoms with Crippen LogP contribution in [0.3, 0.4) is 0 Å². The Hall–Kier alpha value is -2.77. The van der Waals surface area contributed by atoms with Crippen LogP contribution in [0.15, 0.2) is 48.5 Å². The van der Waals surface area contributed by atoms with Crippen molar-refractivity contribution in [2.24, 2.45) is 0 Å². The Morgan fingerprint density at radius 3 is 2.71 bits per heavy atom. The molecule has 4 rings (SSSR count). The number of aromatic nitrogens is 2. The van der Waals surface area contributed by atoms with Crippen LogP contribution in [0.4, 0.5) is 10.3 Å². The molecule has 1 aliphatic rings. The molecule has 0 bridgehead atoms. The lowest BCUT2D eigenvalue weighted by Gasteiger charge is -2.09. The maximum absolute atomic E-state index is 13.0. The monoisotopic (exact) mass is 325 g/mol. The third-order valence-corrected chi connectivity index (χ3v) is 4.12. The molecule has 1 saturated heterocycles. The second-order valence-corrected chi connectivity index (χ2v) is 5.77. The molecule has 122 valence electrons. The predicted molar refractivity (Wildman–Crippen MR) is 88.5 cm³/mol. The lowest BCUT2D eigenvalue weighted by molar-refractivity contribution is -0.117. The van der Waals surface area contributed by atoms with Crippen molar-refractivity contribution < 1.29 is 9.18 Å². The average Bonchev–Trinajstić information content (AvgIpc) is 3.21. The van der Waals surface area contributed by atoms with Gasteiger partial charge in [0.05, 0.1) is 11.0 Å². The molecule has 1 amide bonds. The van der Waals surface area contributed by atoms with Gasteiger partial charge < -0.3 is 4.98 Å². The van der Waals surface area contributed by atoms with Gasteiger partial charge in [-0.25, -0.2) is 20.2 Å². The molecule has 4 N–H and O–H groups in total. The molecule has 6 nitrogen and oxygen atoms in total. The number of amides is 1. The molecule has 2 heterocycles. The second kappa shape index (κ2) is 6.03. The van der Waals surface area contributed by atoms with E-state index in [9.17, 15) is 9.18 Å². The molecule has 1 aliphatic heterocycles. The van der Waals surface area contributed by atoms with Gasteiger partial charge in [-0.2, -0.15) is 0 Å². The third-order valence-electron chi connectivity index (χ3n) is 4.12. The van der Waals surface area contributed by atoms with Gasteiger partial charge >= 0.3 is 0 Å². The van der Waals surface area contributed by atoms with E-state index in [0.29, 0.717) is 12.4 Å². The first kappa shape index (κ1) is 14.8. The van der Waals surface area contributed by atoms with E-state index in [-0.39, 0.29) is 17.8 Å². The van der Waals surface area contributed by atoms with Gasteiger partial charge in [0.1, 0.15) is 11.9 Å². The molecule has 0 radical (unpaired) electrons. The van der Waals surface area contributed by atoms with E-state index >= 15 is 0 Å². The number of benzene rings is 2. The maximum Gasteiger partial charge on any atom is 0.245 e. The fourth-order valence-electron chi connectivity index (χ4n) is 2.86. The molecule has 0 saturated carbocycles. The molecule has 24 heavy (non-hydrogen) atoms. The number of para-hydroxylation sites is 2. The average molecular weight is 325 g/mol. The summed E-state index contributed by atoms with van der Waals surface area (Å²) in [6, 6.07) is 13.4. The van der Waals surface area contributed by atoms with Crippen molar-refractivity contribution in [3.63, 3.8) is 0 Å². The number of H-pyrrole nitrogens is 1. The van der Waals surface area contributed by atoms with Crippen LogP contribution in [-0.2, 0) is 4.79 Å². The van der Waals surface area contributed by atoms with Crippen LogP contribution >= 0.6 is 0 Å². The topological polar surface area (TPSA) is 81.8 Å². The van der Waals surface area contributed by atoms with Crippen LogP contribution in [0, 0.1) is 5.82 Å². The molecule has 2 aromatic carbocycles. The number of rotatable bonds is 3.